The number of benzene rings is 3. The first-order valence-electron chi connectivity index (χ1n) is 14.8. The minimum Gasteiger partial charge on any atom is -1.00 e. The number of quaternary nitrogens is 1. The smallest absolute Gasteiger partial charge is 0.416 e. The second-order valence-corrected chi connectivity index (χ2v) is 11.9. The predicted molar refractivity (Wildman–Crippen MR) is 159 cm³/mol. The zero-order valence-corrected chi connectivity index (χ0v) is 26.3. The summed E-state index contributed by atoms with van der Waals surface area (Å²) in [6, 6.07) is 16.5. The predicted octanol–water partition coefficient (Wildman–Crippen LogP) is 5.40. The summed E-state index contributed by atoms with van der Waals surface area (Å²) in [5, 5.41) is 0.924. The topological polar surface area (TPSA) is 22.1 Å². The van der Waals surface area contributed by atoms with Crippen LogP contribution in [0.4, 0.5) is 26.3 Å². The molecule has 4 heterocycles. The summed E-state index contributed by atoms with van der Waals surface area (Å²) in [5.41, 5.74) is 1.51. The second-order valence-electron chi connectivity index (χ2n) is 11.9. The van der Waals surface area contributed by atoms with Crippen molar-refractivity contribution in [2.75, 3.05) is 19.7 Å². The van der Waals surface area contributed by atoms with Crippen LogP contribution in [-0.2, 0) is 17.5 Å². The van der Waals surface area contributed by atoms with Crippen molar-refractivity contribution in [1.82, 2.24) is 4.98 Å². The molecule has 0 spiro atoms. The van der Waals surface area contributed by atoms with E-state index in [1.807, 2.05) is 30.3 Å². The van der Waals surface area contributed by atoms with Gasteiger partial charge in [-0.15, -0.1) is 6.58 Å². The molecule has 46 heavy (non-hydrogen) atoms. The number of rotatable bonds is 7. The van der Waals surface area contributed by atoms with Crippen LogP contribution in [0.1, 0.15) is 41.2 Å². The molecule has 3 aromatic carbocycles. The molecular weight excluding hydrogens is 670 g/mol. The highest BCUT2D eigenvalue weighted by atomic mass is 79.9. The van der Waals surface area contributed by atoms with Gasteiger partial charge in [0.15, 0.2) is 17.5 Å². The number of ether oxygens (including phenoxy) is 1. The van der Waals surface area contributed by atoms with Crippen molar-refractivity contribution in [3.8, 4) is 11.8 Å². The summed E-state index contributed by atoms with van der Waals surface area (Å²) >= 11 is 0. The van der Waals surface area contributed by atoms with Crippen LogP contribution in [0.25, 0.3) is 10.9 Å². The van der Waals surface area contributed by atoms with Crippen LogP contribution in [0.3, 0.4) is 0 Å². The van der Waals surface area contributed by atoms with Crippen molar-refractivity contribution in [2.45, 2.75) is 37.7 Å². The molecule has 3 aliphatic rings. The highest BCUT2D eigenvalue weighted by Gasteiger charge is 2.55. The maximum Gasteiger partial charge on any atom is 0.416 e. The number of hydrogen-bond acceptors (Lipinski definition) is 2. The molecule has 0 amide bonds. The van der Waals surface area contributed by atoms with Crippen LogP contribution < -0.4 is 17.0 Å². The van der Waals surface area contributed by atoms with Crippen LogP contribution in [0, 0.1) is 41.1 Å². The first-order valence-corrected chi connectivity index (χ1v) is 14.8. The third kappa shape index (κ3) is 6.59. The van der Waals surface area contributed by atoms with Crippen molar-refractivity contribution >= 4 is 10.9 Å². The van der Waals surface area contributed by atoms with Gasteiger partial charge in [0.1, 0.15) is 18.7 Å². The van der Waals surface area contributed by atoms with Crippen LogP contribution >= 0.6 is 0 Å². The Morgan fingerprint density at radius 1 is 1.00 bits per heavy atom. The van der Waals surface area contributed by atoms with E-state index in [0.717, 1.165) is 41.1 Å². The summed E-state index contributed by atoms with van der Waals surface area (Å²) in [7, 11) is 0. The summed E-state index contributed by atoms with van der Waals surface area (Å²) in [6.45, 7) is 5.31. The van der Waals surface area contributed by atoms with Gasteiger partial charge in [-0.3, -0.25) is 4.98 Å². The van der Waals surface area contributed by atoms with E-state index in [1.54, 1.807) is 12.3 Å². The van der Waals surface area contributed by atoms with E-state index >= 15 is 4.39 Å². The van der Waals surface area contributed by atoms with E-state index in [1.165, 1.54) is 18.2 Å². The number of alkyl halides is 3. The van der Waals surface area contributed by atoms with E-state index < -0.39 is 35.3 Å². The van der Waals surface area contributed by atoms with Gasteiger partial charge in [0.2, 0.25) is 0 Å². The molecule has 3 aliphatic heterocycles. The number of nitrogens with zero attached hydrogens (tertiary/aromatic N) is 2. The fourth-order valence-corrected chi connectivity index (χ4v) is 7.10. The summed E-state index contributed by atoms with van der Waals surface area (Å²) in [5.74, 6) is 2.39. The molecule has 4 aromatic rings. The van der Waals surface area contributed by atoms with Crippen molar-refractivity contribution in [1.29, 1.82) is 0 Å². The highest BCUT2D eigenvalue weighted by molar-refractivity contribution is 5.82. The van der Waals surface area contributed by atoms with Crippen LogP contribution in [-0.4, -0.2) is 35.2 Å². The zero-order valence-electron chi connectivity index (χ0n) is 24.7. The van der Waals surface area contributed by atoms with Gasteiger partial charge in [-0.1, -0.05) is 36.1 Å². The molecule has 3 nitrogen and oxygen atoms in total. The van der Waals surface area contributed by atoms with Gasteiger partial charge >= 0.3 is 6.18 Å². The average Bonchev–Trinajstić information content (AvgIpc) is 3.04. The summed E-state index contributed by atoms with van der Waals surface area (Å²) < 4.78 is 89.5. The molecule has 0 radical (unpaired) electrons. The standard InChI is InChI=1S/C36H31F6N2O.BrH/c1-2-19-45-35(29-15-17-43-31-6-4-3-5-28(29)31)32-20-24-16-18-44(32,22-26-11-14-30(37)34(39)33(26)38)21-25(24)10-7-23-8-12-27(13-9-23)36(40,41)42;/h2-6,8-9,11-15,17,24-25,32,35H,1,16,18-22H2;1H/q+1;/p-1/t24-,25-,32-,35+,44?;/m0./s1. The lowest BCUT2D eigenvalue weighted by Crippen LogP contribution is -3.00. The molecule has 3 fully saturated rings. The third-order valence-corrected chi connectivity index (χ3v) is 9.27. The van der Waals surface area contributed by atoms with Crippen molar-refractivity contribution in [3.63, 3.8) is 0 Å². The average molecular weight is 702 g/mol. The Hall–Kier alpha value is -3.65. The summed E-state index contributed by atoms with van der Waals surface area (Å²) in [6.07, 6.45) is -0.0565. The fourth-order valence-electron chi connectivity index (χ4n) is 7.10. The molecular formula is C36H31BrF6N2O. The number of hydrogen-bond donors (Lipinski definition) is 0. The minimum atomic E-state index is -4.44. The van der Waals surface area contributed by atoms with Crippen LogP contribution in [0.15, 0.2) is 85.6 Å². The Bertz CT molecular complexity index is 1780. The molecule has 2 bridgehead atoms. The first kappa shape index (κ1) is 33.7. The molecule has 3 saturated heterocycles. The minimum absolute atomic E-state index is 0. The fraction of sp³-hybridized carbons (Fsp3) is 0.306. The zero-order chi connectivity index (χ0) is 31.8. The number of halogens is 7. The molecule has 7 rings (SSSR count). The quantitative estimate of drug-likeness (QED) is 0.0848. The van der Waals surface area contributed by atoms with Gasteiger partial charge in [-0.2, -0.15) is 13.2 Å². The van der Waals surface area contributed by atoms with Gasteiger partial charge in [0.05, 0.1) is 36.7 Å². The van der Waals surface area contributed by atoms with Crippen LogP contribution in [0.5, 0.6) is 0 Å². The van der Waals surface area contributed by atoms with E-state index in [2.05, 4.69) is 23.4 Å². The molecule has 1 unspecified atom stereocenters. The highest BCUT2D eigenvalue weighted by Crippen LogP contribution is 2.49. The molecule has 0 saturated carbocycles. The number of aromatic nitrogens is 1. The Morgan fingerprint density at radius 3 is 2.50 bits per heavy atom. The number of pyridine rings is 1. The number of para-hydroxylation sites is 1. The van der Waals surface area contributed by atoms with Gasteiger partial charge < -0.3 is 26.2 Å². The SMILES string of the molecule is C=CCO[C@H](c1ccnc2ccccc12)[C@@H]1C[C@@H]2CC[N+]1(Cc1ccc(F)c(F)c1F)C[C@@H]2C#Cc1ccc(C(F)(F)F)cc1.[Br-]. The number of piperidine rings is 3. The maximum absolute atomic E-state index is 15.2. The molecule has 0 N–H and O–H groups in total. The Balaban J connectivity index is 0.00000417. The molecule has 0 aliphatic carbocycles. The Morgan fingerprint density at radius 2 is 1.76 bits per heavy atom. The number of fused-ring (bicyclic) bond motifs is 4. The lowest BCUT2D eigenvalue weighted by atomic mass is 9.71. The third-order valence-electron chi connectivity index (χ3n) is 9.27. The largest absolute Gasteiger partial charge is 1.00 e. The maximum atomic E-state index is 15.2. The van der Waals surface area contributed by atoms with Gasteiger partial charge in [0.25, 0.3) is 0 Å². The Labute approximate surface area is 274 Å². The molecule has 5 atom stereocenters. The van der Waals surface area contributed by atoms with Gasteiger partial charge in [0, 0.05) is 35.6 Å². The normalized spacial score (nSPS) is 22.9. The van der Waals surface area contributed by atoms with Gasteiger partial charge in [-0.25, -0.2) is 13.2 Å². The van der Waals surface area contributed by atoms with Crippen molar-refractivity contribution in [3.05, 3.63) is 125 Å². The Kier molecular flexibility index (Phi) is 9.97. The first-order chi connectivity index (χ1) is 21.6. The van der Waals surface area contributed by atoms with Crippen molar-refractivity contribution < 1.29 is 52.5 Å². The van der Waals surface area contributed by atoms with Gasteiger partial charge in [-0.05, 0) is 60.0 Å². The molecule has 240 valence electrons. The van der Waals surface area contributed by atoms with Crippen LogP contribution in [0.2, 0.25) is 0 Å². The lowest BCUT2D eigenvalue weighted by molar-refractivity contribution is -0.984. The van der Waals surface area contributed by atoms with E-state index in [9.17, 15) is 22.0 Å². The molecule has 1 aromatic heterocycles. The van der Waals surface area contributed by atoms with E-state index in [0.29, 0.717) is 29.6 Å². The molecule has 10 heteroatoms. The lowest BCUT2D eigenvalue weighted by Gasteiger charge is -2.58. The van der Waals surface area contributed by atoms with E-state index in [4.69, 9.17) is 4.74 Å². The van der Waals surface area contributed by atoms with E-state index in [-0.39, 0.29) is 53.6 Å². The summed E-state index contributed by atoms with van der Waals surface area (Å²) in [4.78, 5) is 4.51. The van der Waals surface area contributed by atoms with Crippen molar-refractivity contribution in [2.24, 2.45) is 11.8 Å². The second kappa shape index (κ2) is 13.6. The monoisotopic (exact) mass is 700 g/mol.